The third-order valence-corrected chi connectivity index (χ3v) is 2.34. The van der Waals surface area contributed by atoms with Crippen molar-refractivity contribution in [3.05, 3.63) is 54.4 Å². The van der Waals surface area contributed by atoms with E-state index in [4.69, 9.17) is 0 Å². The number of pyridine rings is 2. The van der Waals surface area contributed by atoms with Gasteiger partial charge in [-0.3, -0.25) is 4.99 Å². The van der Waals surface area contributed by atoms with Crippen LogP contribution in [-0.4, -0.2) is 16.7 Å². The summed E-state index contributed by atoms with van der Waals surface area (Å²) >= 11 is 0. The minimum Gasteiger partial charge on any atom is -0.262 e. The second-order valence-corrected chi connectivity index (χ2v) is 3.48. The van der Waals surface area contributed by atoms with Crippen molar-refractivity contribution in [3.63, 3.8) is 0 Å². The molecule has 0 spiro atoms. The van der Waals surface area contributed by atoms with Gasteiger partial charge in [-0.05, 0) is 44.0 Å². The second-order valence-electron chi connectivity index (χ2n) is 3.48. The molecule has 0 fully saturated rings. The second kappa shape index (κ2) is 7.93. The number of allylic oxidation sites excluding steroid dienone is 3. The van der Waals surface area contributed by atoms with Crippen LogP contribution in [0.25, 0.3) is 16.7 Å². The fraction of sp³-hybridized carbons (Fsp3) is 0.188. The van der Waals surface area contributed by atoms with Crippen LogP contribution in [0.1, 0.15) is 26.5 Å². The van der Waals surface area contributed by atoms with Gasteiger partial charge in [-0.15, -0.1) is 0 Å². The highest BCUT2D eigenvalue weighted by Gasteiger charge is 2.02. The summed E-state index contributed by atoms with van der Waals surface area (Å²) in [5, 5.41) is 1.02. The fourth-order valence-corrected chi connectivity index (χ4v) is 1.50. The first-order valence-corrected chi connectivity index (χ1v) is 6.37. The minimum absolute atomic E-state index is 0.722. The first-order chi connectivity index (χ1) is 9.35. The highest BCUT2D eigenvalue weighted by molar-refractivity contribution is 5.78. The Morgan fingerprint density at radius 3 is 2.74 bits per heavy atom. The van der Waals surface area contributed by atoms with Gasteiger partial charge in [0.05, 0.1) is 11.4 Å². The van der Waals surface area contributed by atoms with E-state index in [1.807, 2.05) is 63.3 Å². The predicted octanol–water partition coefficient (Wildman–Crippen LogP) is 4.27. The minimum atomic E-state index is 0.722. The summed E-state index contributed by atoms with van der Waals surface area (Å²) in [4.78, 5) is 12.6. The van der Waals surface area contributed by atoms with Crippen molar-refractivity contribution < 1.29 is 0 Å². The van der Waals surface area contributed by atoms with Crippen LogP contribution in [0.4, 0.5) is 0 Å². The van der Waals surface area contributed by atoms with E-state index in [0.717, 1.165) is 22.4 Å². The molecule has 0 aliphatic carbocycles. The van der Waals surface area contributed by atoms with E-state index in [2.05, 4.69) is 21.7 Å². The van der Waals surface area contributed by atoms with E-state index in [1.54, 1.807) is 6.20 Å². The van der Waals surface area contributed by atoms with Gasteiger partial charge in [0.25, 0.3) is 0 Å². The SMILES string of the molecule is C=N/C(=C\C=C/C)c1ccc2cccnc2n1.CC. The summed E-state index contributed by atoms with van der Waals surface area (Å²) in [6.07, 6.45) is 7.46. The van der Waals surface area contributed by atoms with Crippen LogP contribution in [0, 0.1) is 0 Å². The lowest BCUT2D eigenvalue weighted by atomic mass is 10.2. The number of hydrogen-bond donors (Lipinski definition) is 0. The van der Waals surface area contributed by atoms with Gasteiger partial charge in [0.1, 0.15) is 0 Å². The highest BCUT2D eigenvalue weighted by atomic mass is 14.9. The number of aliphatic imine (C=N–C) groups is 1. The van der Waals surface area contributed by atoms with Gasteiger partial charge in [0.2, 0.25) is 0 Å². The van der Waals surface area contributed by atoms with Crippen LogP contribution in [0.3, 0.4) is 0 Å². The monoisotopic (exact) mass is 253 g/mol. The van der Waals surface area contributed by atoms with Gasteiger partial charge >= 0.3 is 0 Å². The standard InChI is InChI=1S/C14H13N3.C2H6/c1-3-4-7-12(15-2)13-9-8-11-6-5-10-16-14(11)17-13;1-2/h3-10H,2H2,1H3;1-2H3/b4-3-,12-7-;. The summed E-state index contributed by atoms with van der Waals surface area (Å²) in [6, 6.07) is 7.79. The molecule has 0 N–H and O–H groups in total. The van der Waals surface area contributed by atoms with Gasteiger partial charge in [0.15, 0.2) is 5.65 Å². The molecule has 19 heavy (non-hydrogen) atoms. The molecule has 0 radical (unpaired) electrons. The van der Waals surface area contributed by atoms with Crippen LogP contribution in [-0.2, 0) is 0 Å². The van der Waals surface area contributed by atoms with Crippen molar-refractivity contribution in [1.29, 1.82) is 0 Å². The maximum Gasteiger partial charge on any atom is 0.159 e. The zero-order valence-corrected chi connectivity index (χ0v) is 11.7. The molecule has 0 amide bonds. The Hall–Kier alpha value is -2.29. The topological polar surface area (TPSA) is 38.1 Å². The Bertz CT molecular complexity index is 598. The number of fused-ring (bicyclic) bond motifs is 1. The van der Waals surface area contributed by atoms with Gasteiger partial charge in [-0.1, -0.05) is 26.0 Å². The molecule has 0 atom stereocenters. The molecule has 0 bridgehead atoms. The van der Waals surface area contributed by atoms with Crippen molar-refractivity contribution in [3.8, 4) is 0 Å². The van der Waals surface area contributed by atoms with E-state index < -0.39 is 0 Å². The van der Waals surface area contributed by atoms with Crippen molar-refractivity contribution in [1.82, 2.24) is 9.97 Å². The van der Waals surface area contributed by atoms with Crippen molar-refractivity contribution in [2.45, 2.75) is 20.8 Å². The number of nitrogens with zero attached hydrogens (tertiary/aromatic N) is 3. The Morgan fingerprint density at radius 1 is 1.26 bits per heavy atom. The molecule has 2 aromatic rings. The smallest absolute Gasteiger partial charge is 0.159 e. The Morgan fingerprint density at radius 2 is 2.05 bits per heavy atom. The van der Waals surface area contributed by atoms with E-state index in [0.29, 0.717) is 0 Å². The average Bonchev–Trinajstić information content (AvgIpc) is 2.50. The molecule has 98 valence electrons. The molecule has 3 heteroatoms. The van der Waals surface area contributed by atoms with Gasteiger partial charge in [-0.25, -0.2) is 9.97 Å². The van der Waals surface area contributed by atoms with Crippen LogP contribution >= 0.6 is 0 Å². The lowest BCUT2D eigenvalue weighted by Crippen LogP contribution is -1.89. The highest BCUT2D eigenvalue weighted by Crippen LogP contribution is 2.16. The van der Waals surface area contributed by atoms with Crippen molar-refractivity contribution >= 4 is 23.4 Å². The molecule has 0 saturated heterocycles. The third-order valence-electron chi connectivity index (χ3n) is 2.34. The average molecular weight is 253 g/mol. The lowest BCUT2D eigenvalue weighted by Gasteiger charge is -2.01. The molecule has 0 aromatic carbocycles. The fourth-order valence-electron chi connectivity index (χ4n) is 1.50. The lowest BCUT2D eigenvalue weighted by molar-refractivity contribution is 1.25. The van der Waals surface area contributed by atoms with Crippen LogP contribution in [0.15, 0.2) is 53.7 Å². The van der Waals surface area contributed by atoms with E-state index in [9.17, 15) is 0 Å². The number of rotatable bonds is 3. The van der Waals surface area contributed by atoms with Crippen molar-refractivity contribution in [2.24, 2.45) is 4.99 Å². The molecular weight excluding hydrogens is 234 g/mol. The maximum atomic E-state index is 4.45. The van der Waals surface area contributed by atoms with Crippen molar-refractivity contribution in [2.75, 3.05) is 0 Å². The zero-order chi connectivity index (χ0) is 14.1. The molecule has 3 nitrogen and oxygen atoms in total. The van der Waals surface area contributed by atoms with E-state index in [-0.39, 0.29) is 0 Å². The maximum absolute atomic E-state index is 4.45. The molecule has 2 aromatic heterocycles. The largest absolute Gasteiger partial charge is 0.262 e. The summed E-state index contributed by atoms with van der Waals surface area (Å²) in [5.41, 5.74) is 2.25. The molecule has 0 aliphatic heterocycles. The quantitative estimate of drug-likeness (QED) is 0.605. The summed E-state index contributed by atoms with van der Waals surface area (Å²) < 4.78 is 0. The normalized spacial score (nSPS) is 11.2. The predicted molar refractivity (Wildman–Crippen MR) is 83.2 cm³/mol. The third kappa shape index (κ3) is 3.85. The summed E-state index contributed by atoms with van der Waals surface area (Å²) in [5.74, 6) is 0. The Labute approximate surface area is 114 Å². The molecule has 2 rings (SSSR count). The van der Waals surface area contributed by atoms with Crippen LogP contribution in [0.2, 0.25) is 0 Å². The molecule has 0 saturated carbocycles. The summed E-state index contributed by atoms with van der Waals surface area (Å²) in [6.45, 7) is 9.51. The Balaban J connectivity index is 0.000000861. The summed E-state index contributed by atoms with van der Waals surface area (Å²) in [7, 11) is 0. The van der Waals surface area contributed by atoms with Gasteiger partial charge < -0.3 is 0 Å². The van der Waals surface area contributed by atoms with Gasteiger partial charge in [-0.2, -0.15) is 0 Å². The molecule has 2 heterocycles. The molecular formula is C16H19N3. The first kappa shape index (κ1) is 14.8. The van der Waals surface area contributed by atoms with Crippen LogP contribution in [0.5, 0.6) is 0 Å². The first-order valence-electron chi connectivity index (χ1n) is 6.37. The molecule has 0 aliphatic rings. The van der Waals surface area contributed by atoms with E-state index >= 15 is 0 Å². The molecule has 0 unspecified atom stereocenters. The number of hydrogen-bond acceptors (Lipinski definition) is 3. The number of aromatic nitrogens is 2. The van der Waals surface area contributed by atoms with Gasteiger partial charge in [0, 0.05) is 11.6 Å². The zero-order valence-electron chi connectivity index (χ0n) is 11.7. The van der Waals surface area contributed by atoms with Crippen LogP contribution < -0.4 is 0 Å². The van der Waals surface area contributed by atoms with E-state index in [1.165, 1.54) is 0 Å². The Kier molecular flexibility index (Phi) is 6.16.